The van der Waals surface area contributed by atoms with Gasteiger partial charge in [-0.15, -0.1) is 0 Å². The fraction of sp³-hybridized carbons (Fsp3) is 0.333. The van der Waals surface area contributed by atoms with Crippen molar-refractivity contribution in [3.8, 4) is 11.1 Å². The molecule has 7 rings (SSSR count). The molecule has 2 aromatic carbocycles. The molecule has 0 aliphatic carbocycles. The number of hydrogen-bond acceptors (Lipinski definition) is 7. The molecule has 10 heteroatoms. The van der Waals surface area contributed by atoms with Crippen molar-refractivity contribution in [3.63, 3.8) is 0 Å². The fourth-order valence-corrected chi connectivity index (χ4v) is 5.98. The zero-order valence-electron chi connectivity index (χ0n) is 22.9. The van der Waals surface area contributed by atoms with Gasteiger partial charge in [0.2, 0.25) is 0 Å². The lowest BCUT2D eigenvalue weighted by Crippen LogP contribution is -2.41. The van der Waals surface area contributed by atoms with E-state index in [9.17, 15) is 4.79 Å². The second-order valence-corrected chi connectivity index (χ2v) is 11.6. The number of nitrogens with zero attached hydrogens (tertiary/aromatic N) is 6. The van der Waals surface area contributed by atoms with Crippen molar-refractivity contribution in [2.75, 3.05) is 24.1 Å². The van der Waals surface area contributed by atoms with Crippen LogP contribution in [-0.4, -0.2) is 54.1 Å². The number of nitrogens with two attached hydrogens (primary N) is 1. The zero-order valence-corrected chi connectivity index (χ0v) is 22.9. The lowest BCUT2D eigenvalue weighted by molar-refractivity contribution is 0.0203. The molecular weight excluding hydrogens is 504 g/mol. The smallest absolute Gasteiger partial charge is 0.410 e. The van der Waals surface area contributed by atoms with Crippen molar-refractivity contribution < 1.29 is 9.53 Å². The average Bonchev–Trinajstić information content (AvgIpc) is 3.48. The molecule has 0 unspecified atom stereocenters. The minimum absolute atomic E-state index is 0.247. The van der Waals surface area contributed by atoms with E-state index in [1.165, 1.54) is 0 Å². The van der Waals surface area contributed by atoms with Crippen molar-refractivity contribution in [2.45, 2.75) is 51.7 Å². The molecule has 5 heterocycles. The number of anilines is 3. The third kappa shape index (κ3) is 4.02. The maximum absolute atomic E-state index is 12.6. The molecule has 0 saturated carbocycles. The van der Waals surface area contributed by atoms with Gasteiger partial charge < -0.3 is 20.7 Å². The predicted molar refractivity (Wildman–Crippen MR) is 155 cm³/mol. The first-order valence-corrected chi connectivity index (χ1v) is 13.7. The Labute approximate surface area is 231 Å². The highest BCUT2D eigenvalue weighted by Crippen LogP contribution is 2.47. The van der Waals surface area contributed by atoms with Crippen molar-refractivity contribution in [1.29, 1.82) is 0 Å². The summed E-state index contributed by atoms with van der Waals surface area (Å²) in [6.07, 6.45) is 3.02. The van der Waals surface area contributed by atoms with Crippen molar-refractivity contribution in [2.24, 2.45) is 0 Å². The van der Waals surface area contributed by atoms with Crippen molar-refractivity contribution in [1.82, 2.24) is 29.3 Å². The van der Waals surface area contributed by atoms with E-state index < -0.39 is 5.60 Å². The van der Waals surface area contributed by atoms with Gasteiger partial charge in [0.05, 0.1) is 17.7 Å². The molecule has 1 fully saturated rings. The number of nitrogen functional groups attached to an aromatic ring is 1. The molecule has 1 saturated heterocycles. The normalized spacial score (nSPS) is 15.3. The second kappa shape index (κ2) is 8.97. The molecule has 40 heavy (non-hydrogen) atoms. The summed E-state index contributed by atoms with van der Waals surface area (Å²) < 4.78 is 9.58. The van der Waals surface area contributed by atoms with Gasteiger partial charge in [0.15, 0.2) is 11.6 Å². The lowest BCUT2D eigenvalue weighted by atomic mass is 9.92. The molecule has 2 aliphatic heterocycles. The molecule has 204 valence electrons. The van der Waals surface area contributed by atoms with Gasteiger partial charge in [-0.2, -0.15) is 10.2 Å². The van der Waals surface area contributed by atoms with Gasteiger partial charge in [0.1, 0.15) is 17.4 Å². The van der Waals surface area contributed by atoms with E-state index in [0.717, 1.165) is 63.2 Å². The first kappa shape index (κ1) is 24.4. The van der Waals surface area contributed by atoms with E-state index in [-0.39, 0.29) is 12.0 Å². The average molecular weight is 537 g/mol. The van der Waals surface area contributed by atoms with E-state index in [0.29, 0.717) is 25.5 Å². The Morgan fingerprint density at radius 2 is 1.85 bits per heavy atom. The Morgan fingerprint density at radius 3 is 2.60 bits per heavy atom. The number of benzene rings is 2. The first-order valence-electron chi connectivity index (χ1n) is 13.7. The molecule has 0 radical (unpaired) electrons. The van der Waals surface area contributed by atoms with Crippen LogP contribution in [0.25, 0.3) is 27.5 Å². The minimum atomic E-state index is -0.504. The quantitative estimate of drug-likeness (QED) is 0.305. The van der Waals surface area contributed by atoms with Crippen LogP contribution in [0.2, 0.25) is 0 Å². The summed E-state index contributed by atoms with van der Waals surface area (Å²) in [5, 5.41) is 13.8. The number of fused-ring (bicyclic) bond motifs is 4. The zero-order chi connectivity index (χ0) is 27.6. The van der Waals surface area contributed by atoms with Gasteiger partial charge in [-0.1, -0.05) is 36.4 Å². The van der Waals surface area contributed by atoms with Gasteiger partial charge >= 0.3 is 6.09 Å². The van der Waals surface area contributed by atoms with E-state index in [4.69, 9.17) is 15.6 Å². The van der Waals surface area contributed by atoms with Crippen LogP contribution in [0.5, 0.6) is 0 Å². The first-order chi connectivity index (χ1) is 19.3. The SMILES string of the molecule is CC(C)(C)OC(=O)N1CCC(c2cc3c4c(ncnn24)Nc2c-3ccc3c(N)nn(Cc4ccccc4)c23)CC1. The summed E-state index contributed by atoms with van der Waals surface area (Å²) in [7, 11) is 0. The molecule has 0 atom stereocenters. The largest absolute Gasteiger partial charge is 0.444 e. The Bertz CT molecular complexity index is 1760. The maximum Gasteiger partial charge on any atom is 0.410 e. The van der Waals surface area contributed by atoms with Gasteiger partial charge in [-0.25, -0.2) is 14.3 Å². The Hall–Kier alpha value is -4.60. The van der Waals surface area contributed by atoms with E-state index in [2.05, 4.69) is 45.7 Å². The highest BCUT2D eigenvalue weighted by molar-refractivity contribution is 6.11. The summed E-state index contributed by atoms with van der Waals surface area (Å²) in [6, 6.07) is 16.7. The number of carbonyl (C=O) groups excluding carboxylic acids is 1. The third-order valence-corrected chi connectivity index (χ3v) is 7.80. The summed E-state index contributed by atoms with van der Waals surface area (Å²) in [5.74, 6) is 1.52. The van der Waals surface area contributed by atoms with Crippen molar-refractivity contribution in [3.05, 3.63) is 66.1 Å². The fourth-order valence-electron chi connectivity index (χ4n) is 5.98. The van der Waals surface area contributed by atoms with Gasteiger partial charge in [-0.05, 0) is 51.3 Å². The molecule has 1 amide bonds. The van der Waals surface area contributed by atoms with E-state index in [1.54, 1.807) is 6.33 Å². The van der Waals surface area contributed by atoms with Gasteiger partial charge in [0.25, 0.3) is 0 Å². The van der Waals surface area contributed by atoms with Crippen LogP contribution in [0.15, 0.2) is 54.9 Å². The molecular formula is C30H32N8O2. The van der Waals surface area contributed by atoms with Gasteiger partial charge in [0, 0.05) is 41.2 Å². The molecule has 3 aromatic heterocycles. The number of hydrogen-bond donors (Lipinski definition) is 2. The standard InChI is InChI=1S/C30H32N8O2/c1-30(2,3)40-29(39)36-13-11-19(12-14-36)23-15-22-20-9-10-21-25(24(20)34-28-26(22)38(23)33-17-32-28)37(35-27(21)31)16-18-7-5-4-6-8-18/h4-10,15,17,19H,11-14,16H2,1-3H3,(H2,31,35)(H,32,33,34). The predicted octanol–water partition coefficient (Wildman–Crippen LogP) is 5.55. The van der Waals surface area contributed by atoms with Crippen LogP contribution >= 0.6 is 0 Å². The van der Waals surface area contributed by atoms with Crippen LogP contribution in [0.4, 0.5) is 22.1 Å². The Morgan fingerprint density at radius 1 is 1.07 bits per heavy atom. The number of piperidine rings is 1. The van der Waals surface area contributed by atoms with E-state index in [1.807, 2.05) is 53.1 Å². The number of ether oxygens (including phenoxy) is 1. The van der Waals surface area contributed by atoms with Crippen molar-refractivity contribution >= 4 is 39.8 Å². The summed E-state index contributed by atoms with van der Waals surface area (Å²) in [6.45, 7) is 7.59. The van der Waals surface area contributed by atoms with Crippen LogP contribution in [0.3, 0.4) is 0 Å². The summed E-state index contributed by atoms with van der Waals surface area (Å²) in [4.78, 5) is 19.0. The lowest BCUT2D eigenvalue weighted by Gasteiger charge is -2.33. The number of nitrogens with one attached hydrogen (secondary N) is 1. The molecule has 3 N–H and O–H groups in total. The molecule has 2 aliphatic rings. The topological polar surface area (TPSA) is 116 Å². The van der Waals surface area contributed by atoms with Crippen LogP contribution in [0.1, 0.15) is 50.8 Å². The molecule has 0 spiro atoms. The summed E-state index contributed by atoms with van der Waals surface area (Å²) >= 11 is 0. The number of aromatic nitrogens is 5. The Kier molecular flexibility index (Phi) is 5.48. The molecule has 5 aromatic rings. The minimum Gasteiger partial charge on any atom is -0.444 e. The number of rotatable bonds is 3. The molecule has 10 nitrogen and oxygen atoms in total. The number of carbonyl (C=O) groups is 1. The maximum atomic E-state index is 12.6. The Balaban J connectivity index is 1.26. The van der Waals surface area contributed by atoms with Gasteiger partial charge in [-0.3, -0.25) is 4.68 Å². The number of likely N-dealkylation sites (tertiary alicyclic amines) is 1. The number of amides is 1. The highest BCUT2D eigenvalue weighted by Gasteiger charge is 2.32. The summed E-state index contributed by atoms with van der Waals surface area (Å²) in [5.41, 5.74) is 13.2. The van der Waals surface area contributed by atoms with Crippen LogP contribution in [-0.2, 0) is 11.3 Å². The highest BCUT2D eigenvalue weighted by atomic mass is 16.6. The van der Waals surface area contributed by atoms with Crippen LogP contribution in [0, 0.1) is 0 Å². The monoisotopic (exact) mass is 536 g/mol. The third-order valence-electron chi connectivity index (χ3n) is 7.80. The van der Waals surface area contributed by atoms with Crippen LogP contribution < -0.4 is 11.1 Å². The van der Waals surface area contributed by atoms with E-state index >= 15 is 0 Å². The second-order valence-electron chi connectivity index (χ2n) is 11.6. The molecule has 0 bridgehead atoms.